The summed E-state index contributed by atoms with van der Waals surface area (Å²) in [5.41, 5.74) is 2.16. The first-order chi connectivity index (χ1) is 19.2. The van der Waals surface area contributed by atoms with E-state index in [9.17, 15) is 30.0 Å². The molecule has 5 N–H and O–H groups in total. The molecule has 0 saturated carbocycles. The summed E-state index contributed by atoms with van der Waals surface area (Å²) in [4.78, 5) is 29.2. The van der Waals surface area contributed by atoms with Crippen LogP contribution in [0.5, 0.6) is 0 Å². The minimum absolute atomic E-state index is 0.172. The summed E-state index contributed by atoms with van der Waals surface area (Å²) in [6.07, 6.45) is -5.77. The first kappa shape index (κ1) is 28.0. The van der Waals surface area contributed by atoms with Gasteiger partial charge < -0.3 is 48.9 Å². The number of nitrogens with zero attached hydrogens (tertiary/aromatic N) is 1. The zero-order chi connectivity index (χ0) is 28.7. The lowest BCUT2D eigenvalue weighted by atomic mass is 9.80. The van der Waals surface area contributed by atoms with Gasteiger partial charge in [-0.1, -0.05) is 24.3 Å². The quantitative estimate of drug-likeness (QED) is 0.200. The predicted molar refractivity (Wildman–Crippen MR) is 142 cm³/mol. The van der Waals surface area contributed by atoms with Gasteiger partial charge in [-0.2, -0.15) is 0 Å². The number of aliphatic hydroxyl groups is 4. The molecule has 1 fully saturated rings. The minimum Gasteiger partial charge on any atom is -0.471 e. The molecule has 4 heterocycles. The van der Waals surface area contributed by atoms with Crippen LogP contribution in [-0.4, -0.2) is 86.7 Å². The lowest BCUT2D eigenvalue weighted by Crippen LogP contribution is -2.60. The van der Waals surface area contributed by atoms with Gasteiger partial charge in [0, 0.05) is 46.9 Å². The summed E-state index contributed by atoms with van der Waals surface area (Å²) in [6, 6.07) is 9.17. The number of carbonyl (C=O) groups excluding carboxylic acids is 1. The lowest BCUT2D eigenvalue weighted by molar-refractivity contribution is -0.339. The molecule has 40 heavy (non-hydrogen) atoms. The minimum atomic E-state index is -1.66. The molecule has 1 aromatic carbocycles. The van der Waals surface area contributed by atoms with Crippen LogP contribution in [-0.2, 0) is 37.2 Å². The van der Waals surface area contributed by atoms with Gasteiger partial charge in [-0.15, -0.1) is 6.58 Å². The van der Waals surface area contributed by atoms with Gasteiger partial charge in [0.2, 0.25) is 6.29 Å². The van der Waals surface area contributed by atoms with Crippen molar-refractivity contribution in [3.05, 3.63) is 70.9 Å². The van der Waals surface area contributed by atoms with Gasteiger partial charge in [0.15, 0.2) is 6.29 Å². The number of aromatic nitrogens is 2. The van der Waals surface area contributed by atoms with Crippen molar-refractivity contribution in [3.8, 4) is 0 Å². The summed E-state index contributed by atoms with van der Waals surface area (Å²) < 4.78 is 23.6. The molecule has 2 aliphatic heterocycles. The number of para-hydroxylation sites is 1. The maximum absolute atomic E-state index is 13.0. The molecule has 0 amide bonds. The van der Waals surface area contributed by atoms with Crippen LogP contribution in [0.25, 0.3) is 21.8 Å². The molecule has 214 valence electrons. The van der Waals surface area contributed by atoms with E-state index in [-0.39, 0.29) is 17.6 Å². The van der Waals surface area contributed by atoms with Gasteiger partial charge >= 0.3 is 5.97 Å². The Kier molecular flexibility index (Phi) is 7.82. The van der Waals surface area contributed by atoms with E-state index in [1.54, 1.807) is 13.1 Å². The largest absolute Gasteiger partial charge is 0.471 e. The SMILES string of the molecule is C=CC1C(OC2OC(CO)C(O)C(O)C2O)OC=C(C(=O)OC)C1Cc1c2[nH]c3ccccc3c2cc(=O)n1C. The van der Waals surface area contributed by atoms with E-state index in [4.69, 9.17) is 18.9 Å². The molecule has 8 unspecified atom stereocenters. The van der Waals surface area contributed by atoms with Gasteiger partial charge in [-0.3, -0.25) is 4.79 Å². The van der Waals surface area contributed by atoms with Crippen LogP contribution >= 0.6 is 0 Å². The summed E-state index contributed by atoms with van der Waals surface area (Å²) >= 11 is 0. The molecule has 8 atom stereocenters. The molecule has 12 heteroatoms. The average Bonchev–Trinajstić information content (AvgIpc) is 3.33. The highest BCUT2D eigenvalue weighted by atomic mass is 16.8. The zero-order valence-electron chi connectivity index (χ0n) is 22.0. The fraction of sp³-hybridized carbons (Fsp3) is 0.429. The second kappa shape index (κ2) is 11.2. The summed E-state index contributed by atoms with van der Waals surface area (Å²) in [5, 5.41) is 41.9. The Morgan fingerprint density at radius 1 is 1.15 bits per heavy atom. The number of esters is 1. The van der Waals surface area contributed by atoms with Crippen molar-refractivity contribution >= 4 is 27.8 Å². The maximum Gasteiger partial charge on any atom is 0.337 e. The number of hydrogen-bond acceptors (Lipinski definition) is 10. The highest BCUT2D eigenvalue weighted by Crippen LogP contribution is 2.38. The predicted octanol–water partition coefficient (Wildman–Crippen LogP) is 0.210. The highest BCUT2D eigenvalue weighted by molar-refractivity contribution is 6.07. The third kappa shape index (κ3) is 4.72. The van der Waals surface area contributed by atoms with Crippen molar-refractivity contribution in [3.63, 3.8) is 0 Å². The second-order valence-electron chi connectivity index (χ2n) is 9.97. The molecule has 1 saturated heterocycles. The lowest BCUT2D eigenvalue weighted by Gasteiger charge is -2.43. The third-order valence-electron chi connectivity index (χ3n) is 7.77. The maximum atomic E-state index is 13.0. The van der Waals surface area contributed by atoms with E-state index in [1.165, 1.54) is 24.0 Å². The zero-order valence-corrected chi connectivity index (χ0v) is 22.0. The first-order valence-corrected chi connectivity index (χ1v) is 12.8. The number of aromatic amines is 1. The Labute approximate surface area is 228 Å². The number of H-pyrrole nitrogens is 1. The first-order valence-electron chi connectivity index (χ1n) is 12.8. The number of carbonyl (C=O) groups is 1. The van der Waals surface area contributed by atoms with Gasteiger partial charge in [-0.05, 0) is 12.5 Å². The number of methoxy groups -OCH3 is 1. The van der Waals surface area contributed by atoms with Crippen LogP contribution in [0.3, 0.4) is 0 Å². The fourth-order valence-corrected chi connectivity index (χ4v) is 5.50. The smallest absolute Gasteiger partial charge is 0.337 e. The van der Waals surface area contributed by atoms with Crippen molar-refractivity contribution in [1.82, 2.24) is 9.55 Å². The molecule has 2 aliphatic rings. The third-order valence-corrected chi connectivity index (χ3v) is 7.77. The number of benzene rings is 1. The molecule has 2 aromatic heterocycles. The van der Waals surface area contributed by atoms with Crippen molar-refractivity contribution in [2.75, 3.05) is 13.7 Å². The molecule has 5 rings (SSSR count). The van der Waals surface area contributed by atoms with Gasteiger partial charge in [0.1, 0.15) is 24.4 Å². The topological polar surface area (TPSA) is 173 Å². The monoisotopic (exact) mass is 556 g/mol. The van der Waals surface area contributed by atoms with Crippen molar-refractivity contribution in [1.29, 1.82) is 0 Å². The van der Waals surface area contributed by atoms with E-state index < -0.39 is 61.4 Å². The summed E-state index contributed by atoms with van der Waals surface area (Å²) in [7, 11) is 2.89. The Balaban J connectivity index is 1.54. The Morgan fingerprint density at radius 3 is 2.60 bits per heavy atom. The van der Waals surface area contributed by atoms with Crippen LogP contribution in [0, 0.1) is 11.8 Å². The van der Waals surface area contributed by atoms with Crippen LogP contribution in [0.1, 0.15) is 5.69 Å². The van der Waals surface area contributed by atoms with E-state index in [0.29, 0.717) is 5.69 Å². The van der Waals surface area contributed by atoms with Crippen LogP contribution < -0.4 is 5.56 Å². The second-order valence-corrected chi connectivity index (χ2v) is 9.97. The van der Waals surface area contributed by atoms with Crippen molar-refractivity contribution in [2.24, 2.45) is 18.9 Å². The Hall–Kier alpha value is -3.52. The molecule has 0 aliphatic carbocycles. The number of aliphatic hydroxyl groups excluding tert-OH is 4. The number of rotatable bonds is 7. The molecule has 0 radical (unpaired) electrons. The Bertz CT molecular complexity index is 1510. The number of nitrogens with one attached hydrogen (secondary N) is 1. The standard InChI is InChI=1S/C28H32N2O10/c1-4-13-15(9-19-22-16(10-21(32)30(19)2)14-7-5-6-8-18(14)29-22)17(26(36)37-3)12-38-27(13)40-28-25(35)24(34)23(33)20(11-31)39-28/h4-8,10,12-13,15,20,23-25,27-29,31,33-35H,1,9,11H2,2-3H3. The highest BCUT2D eigenvalue weighted by Gasteiger charge is 2.47. The van der Waals surface area contributed by atoms with E-state index >= 15 is 0 Å². The molecule has 0 bridgehead atoms. The number of hydrogen-bond donors (Lipinski definition) is 5. The van der Waals surface area contributed by atoms with Crippen LogP contribution in [0.15, 0.2) is 59.6 Å². The average molecular weight is 557 g/mol. The molecule has 3 aromatic rings. The van der Waals surface area contributed by atoms with Gasteiger partial charge in [0.05, 0.1) is 31.1 Å². The van der Waals surface area contributed by atoms with Gasteiger partial charge in [-0.25, -0.2) is 4.79 Å². The number of pyridine rings is 1. The Morgan fingerprint density at radius 2 is 1.90 bits per heavy atom. The van der Waals surface area contributed by atoms with Crippen molar-refractivity contribution in [2.45, 2.75) is 43.4 Å². The van der Waals surface area contributed by atoms with E-state index in [2.05, 4.69) is 11.6 Å². The van der Waals surface area contributed by atoms with E-state index in [1.807, 2.05) is 24.3 Å². The van der Waals surface area contributed by atoms with E-state index in [0.717, 1.165) is 21.8 Å². The number of ether oxygens (including phenoxy) is 4. The number of fused-ring (bicyclic) bond motifs is 3. The van der Waals surface area contributed by atoms with Gasteiger partial charge in [0.25, 0.3) is 5.56 Å². The normalized spacial score (nSPS) is 30.6. The summed E-state index contributed by atoms with van der Waals surface area (Å²) in [5.74, 6) is -2.02. The molecular weight excluding hydrogens is 524 g/mol. The summed E-state index contributed by atoms with van der Waals surface area (Å²) in [6.45, 7) is 3.28. The van der Waals surface area contributed by atoms with Crippen LogP contribution in [0.2, 0.25) is 0 Å². The molecular formula is C28H32N2O10. The van der Waals surface area contributed by atoms with Crippen LogP contribution in [0.4, 0.5) is 0 Å². The molecule has 12 nitrogen and oxygen atoms in total. The van der Waals surface area contributed by atoms with Crippen molar-refractivity contribution < 1.29 is 44.2 Å². The molecule has 0 spiro atoms. The fourth-order valence-electron chi connectivity index (χ4n) is 5.50.